The number of nitrogens with one attached hydrogen (secondary N) is 2. The molecule has 3 rings (SSSR count). The predicted molar refractivity (Wildman–Crippen MR) is 93.2 cm³/mol. The summed E-state index contributed by atoms with van der Waals surface area (Å²) in [7, 11) is 0. The number of halogens is 2. The van der Waals surface area contributed by atoms with E-state index >= 15 is 0 Å². The molecule has 0 aliphatic heterocycles. The molecule has 0 fully saturated rings. The molecule has 2 N–H and O–H groups in total. The van der Waals surface area contributed by atoms with Crippen LogP contribution in [0.25, 0.3) is 11.3 Å². The summed E-state index contributed by atoms with van der Waals surface area (Å²) in [6, 6.07) is 14.0. The van der Waals surface area contributed by atoms with Crippen molar-refractivity contribution < 1.29 is 4.79 Å². The topological polar surface area (TPSA) is 57.8 Å². The Kier molecular flexibility index (Phi) is 4.37. The van der Waals surface area contributed by atoms with Crippen molar-refractivity contribution in [2.24, 2.45) is 0 Å². The third-order valence-corrected chi connectivity index (χ3v) is 3.91. The molecule has 0 spiro atoms. The molecule has 4 nitrogen and oxygen atoms in total. The third-order valence-electron chi connectivity index (χ3n) is 3.41. The second-order valence-corrected chi connectivity index (χ2v) is 5.91. The van der Waals surface area contributed by atoms with Gasteiger partial charge in [-0.05, 0) is 43.3 Å². The fourth-order valence-electron chi connectivity index (χ4n) is 2.19. The lowest BCUT2D eigenvalue weighted by atomic mass is 10.1. The maximum atomic E-state index is 12.4. The second-order valence-electron chi connectivity index (χ2n) is 5.04. The average molecular weight is 346 g/mol. The van der Waals surface area contributed by atoms with Crippen molar-refractivity contribution in [3.63, 3.8) is 0 Å². The van der Waals surface area contributed by atoms with Gasteiger partial charge in [-0.25, -0.2) is 0 Å². The van der Waals surface area contributed by atoms with Crippen LogP contribution in [0.4, 0.5) is 5.69 Å². The monoisotopic (exact) mass is 345 g/mol. The molecule has 23 heavy (non-hydrogen) atoms. The molecule has 1 heterocycles. The summed E-state index contributed by atoms with van der Waals surface area (Å²) in [6.45, 7) is 1.85. The number of rotatable bonds is 3. The average Bonchev–Trinajstić information content (AvgIpc) is 2.90. The zero-order valence-electron chi connectivity index (χ0n) is 12.2. The molecule has 0 unspecified atom stereocenters. The summed E-state index contributed by atoms with van der Waals surface area (Å²) < 4.78 is 0. The van der Waals surface area contributed by atoms with Crippen LogP contribution in [0.3, 0.4) is 0 Å². The molecular formula is C17H13Cl2N3O. The van der Waals surface area contributed by atoms with Gasteiger partial charge in [0.25, 0.3) is 5.91 Å². The van der Waals surface area contributed by atoms with Crippen molar-refractivity contribution in [2.75, 3.05) is 5.32 Å². The first kappa shape index (κ1) is 15.6. The Morgan fingerprint density at radius 3 is 2.17 bits per heavy atom. The zero-order valence-corrected chi connectivity index (χ0v) is 13.7. The van der Waals surface area contributed by atoms with E-state index in [1.165, 1.54) is 0 Å². The van der Waals surface area contributed by atoms with E-state index in [0.29, 0.717) is 27.0 Å². The number of aryl methyl sites for hydroxylation is 1. The van der Waals surface area contributed by atoms with Gasteiger partial charge < -0.3 is 5.32 Å². The Bertz CT molecular complexity index is 839. The molecule has 2 aromatic carbocycles. The molecule has 0 saturated heterocycles. The molecule has 1 aromatic heterocycles. The lowest BCUT2D eigenvalue weighted by Crippen LogP contribution is -2.12. The first-order chi connectivity index (χ1) is 11.0. The minimum atomic E-state index is -0.221. The van der Waals surface area contributed by atoms with Crippen molar-refractivity contribution in [1.82, 2.24) is 10.2 Å². The number of carbonyl (C=O) groups excluding carboxylic acids is 1. The van der Waals surface area contributed by atoms with E-state index in [1.54, 1.807) is 36.4 Å². The summed E-state index contributed by atoms with van der Waals surface area (Å²) in [5.74, 6) is -0.221. The van der Waals surface area contributed by atoms with Gasteiger partial charge in [0.05, 0.1) is 11.4 Å². The van der Waals surface area contributed by atoms with Crippen molar-refractivity contribution in [2.45, 2.75) is 6.92 Å². The number of nitrogens with zero attached hydrogens (tertiary/aromatic N) is 1. The van der Waals surface area contributed by atoms with Gasteiger partial charge in [-0.2, -0.15) is 5.10 Å². The zero-order chi connectivity index (χ0) is 16.4. The van der Waals surface area contributed by atoms with E-state index in [1.807, 2.05) is 19.1 Å². The van der Waals surface area contributed by atoms with Crippen LogP contribution >= 0.6 is 23.2 Å². The third kappa shape index (κ3) is 3.38. The second kappa shape index (κ2) is 6.44. The lowest BCUT2D eigenvalue weighted by Gasteiger charge is -2.07. The molecule has 3 aromatic rings. The maximum absolute atomic E-state index is 12.4. The minimum absolute atomic E-state index is 0.221. The predicted octanol–water partition coefficient (Wildman–Crippen LogP) is 4.94. The highest BCUT2D eigenvalue weighted by Crippen LogP contribution is 2.29. The molecule has 0 atom stereocenters. The molecule has 1 amide bonds. The largest absolute Gasteiger partial charge is 0.319 e. The van der Waals surface area contributed by atoms with Gasteiger partial charge in [-0.3, -0.25) is 9.89 Å². The van der Waals surface area contributed by atoms with Crippen LogP contribution in [-0.4, -0.2) is 16.1 Å². The number of H-pyrrole nitrogens is 1. The number of hydrogen-bond acceptors (Lipinski definition) is 2. The van der Waals surface area contributed by atoms with E-state index in [2.05, 4.69) is 15.5 Å². The summed E-state index contributed by atoms with van der Waals surface area (Å²) in [4.78, 5) is 12.4. The molecule has 116 valence electrons. The van der Waals surface area contributed by atoms with Crippen molar-refractivity contribution >= 4 is 34.8 Å². The van der Waals surface area contributed by atoms with Crippen LogP contribution in [0.5, 0.6) is 0 Å². The highest BCUT2D eigenvalue weighted by molar-refractivity contribution is 6.31. The van der Waals surface area contributed by atoms with Gasteiger partial charge in [0.15, 0.2) is 0 Å². The number of carbonyl (C=O) groups is 1. The Hall–Kier alpha value is -2.30. The molecular weight excluding hydrogens is 333 g/mol. The molecule has 0 radical (unpaired) electrons. The number of aromatic amines is 1. The summed E-state index contributed by atoms with van der Waals surface area (Å²) in [6.07, 6.45) is 0. The van der Waals surface area contributed by atoms with Crippen LogP contribution in [0, 0.1) is 6.92 Å². The van der Waals surface area contributed by atoms with Gasteiger partial charge in [0.1, 0.15) is 5.69 Å². The highest BCUT2D eigenvalue weighted by Gasteiger charge is 2.16. The van der Waals surface area contributed by atoms with Gasteiger partial charge in [0.2, 0.25) is 0 Å². The van der Waals surface area contributed by atoms with Gasteiger partial charge in [0, 0.05) is 21.2 Å². The smallest absolute Gasteiger partial charge is 0.255 e. The first-order valence-corrected chi connectivity index (χ1v) is 7.68. The van der Waals surface area contributed by atoms with Crippen LogP contribution in [-0.2, 0) is 0 Å². The van der Waals surface area contributed by atoms with E-state index in [-0.39, 0.29) is 5.91 Å². The van der Waals surface area contributed by atoms with Crippen LogP contribution < -0.4 is 5.32 Å². The highest BCUT2D eigenvalue weighted by atomic mass is 35.5. The SMILES string of the molecule is Cc1[nH]nc(-c2ccc(Cl)cc2)c1NC(=O)c1ccc(Cl)cc1. The maximum Gasteiger partial charge on any atom is 0.255 e. The van der Waals surface area contributed by atoms with Crippen LogP contribution in [0.1, 0.15) is 16.1 Å². The van der Waals surface area contributed by atoms with E-state index in [9.17, 15) is 4.79 Å². The Morgan fingerprint density at radius 1 is 1.00 bits per heavy atom. The Balaban J connectivity index is 1.91. The quantitative estimate of drug-likeness (QED) is 0.705. The van der Waals surface area contributed by atoms with Crippen molar-refractivity contribution in [3.8, 4) is 11.3 Å². The number of benzene rings is 2. The summed E-state index contributed by atoms with van der Waals surface area (Å²) in [5.41, 5.74) is 3.48. The molecule has 0 saturated carbocycles. The minimum Gasteiger partial charge on any atom is -0.319 e. The Morgan fingerprint density at radius 2 is 1.57 bits per heavy atom. The van der Waals surface area contributed by atoms with Gasteiger partial charge >= 0.3 is 0 Å². The van der Waals surface area contributed by atoms with Crippen molar-refractivity contribution in [1.29, 1.82) is 0 Å². The van der Waals surface area contributed by atoms with Crippen LogP contribution in [0.2, 0.25) is 10.0 Å². The normalized spacial score (nSPS) is 10.6. The summed E-state index contributed by atoms with van der Waals surface area (Å²) >= 11 is 11.8. The summed E-state index contributed by atoms with van der Waals surface area (Å²) in [5, 5.41) is 11.3. The number of amides is 1. The van der Waals surface area contributed by atoms with E-state index in [4.69, 9.17) is 23.2 Å². The molecule has 0 aliphatic rings. The number of hydrogen-bond donors (Lipinski definition) is 2. The van der Waals surface area contributed by atoms with Crippen LogP contribution in [0.15, 0.2) is 48.5 Å². The standard InChI is InChI=1S/C17H13Cl2N3O/c1-10-15(20-17(23)12-4-8-14(19)9-5-12)16(22-21-10)11-2-6-13(18)7-3-11/h2-9H,1H3,(H,20,23)(H,21,22). The van der Waals surface area contributed by atoms with E-state index in [0.717, 1.165) is 11.3 Å². The number of anilines is 1. The number of aromatic nitrogens is 2. The van der Waals surface area contributed by atoms with E-state index < -0.39 is 0 Å². The van der Waals surface area contributed by atoms with Crippen molar-refractivity contribution in [3.05, 3.63) is 69.8 Å². The first-order valence-electron chi connectivity index (χ1n) is 6.92. The molecule has 0 aliphatic carbocycles. The lowest BCUT2D eigenvalue weighted by molar-refractivity contribution is 0.102. The fraction of sp³-hybridized carbons (Fsp3) is 0.0588. The van der Waals surface area contributed by atoms with Gasteiger partial charge in [-0.15, -0.1) is 0 Å². The fourth-order valence-corrected chi connectivity index (χ4v) is 2.44. The molecule has 6 heteroatoms. The molecule has 0 bridgehead atoms. The van der Waals surface area contributed by atoms with Gasteiger partial charge in [-0.1, -0.05) is 35.3 Å². The Labute approximate surface area is 143 Å².